The Bertz CT molecular complexity index is 818. The van der Waals surface area contributed by atoms with Crippen LogP contribution in [0.5, 0.6) is 0 Å². The largest absolute Gasteiger partial charge is 0.755 e. The van der Waals surface area contributed by atoms with Crippen LogP contribution in [0, 0.1) is 5.92 Å². The zero-order valence-electron chi connectivity index (χ0n) is 17.5. The van der Waals surface area contributed by atoms with Crippen LogP contribution in [0.4, 0.5) is 5.00 Å². The predicted molar refractivity (Wildman–Crippen MR) is 119 cm³/mol. The highest BCUT2D eigenvalue weighted by Gasteiger charge is 2.28. The summed E-state index contributed by atoms with van der Waals surface area (Å²) in [6, 6.07) is 11.4. The minimum atomic E-state index is -2.33. The lowest BCUT2D eigenvalue weighted by atomic mass is 10.0. The SMILES string of the molecule is CC(C)Cc1cc(-c2ccc(CNC3CC3)cc2)c(N(S(=O)[O-])C(C)(C)C)s1. The first-order chi connectivity index (χ1) is 13.1. The lowest BCUT2D eigenvalue weighted by Gasteiger charge is -2.38. The second kappa shape index (κ2) is 8.66. The molecule has 28 heavy (non-hydrogen) atoms. The molecule has 4 nitrogen and oxygen atoms in total. The summed E-state index contributed by atoms with van der Waals surface area (Å²) in [5.41, 5.74) is 2.81. The lowest BCUT2D eigenvalue weighted by molar-refractivity contribution is 0.499. The first kappa shape index (κ1) is 21.5. The molecule has 6 heteroatoms. The molecule has 0 radical (unpaired) electrons. The fraction of sp³-hybridized carbons (Fsp3) is 0.545. The Labute approximate surface area is 175 Å². The molecule has 1 aromatic carbocycles. The van der Waals surface area contributed by atoms with Crippen molar-refractivity contribution in [1.82, 2.24) is 5.32 Å². The highest BCUT2D eigenvalue weighted by molar-refractivity contribution is 7.81. The molecule has 1 aliphatic carbocycles. The van der Waals surface area contributed by atoms with Gasteiger partial charge in [0, 0.05) is 39.8 Å². The number of rotatable bonds is 8. The van der Waals surface area contributed by atoms with Crippen LogP contribution in [-0.2, 0) is 24.2 Å². The third-order valence-electron chi connectivity index (χ3n) is 4.75. The van der Waals surface area contributed by atoms with E-state index in [1.54, 1.807) is 11.3 Å². The number of nitrogens with one attached hydrogen (secondary N) is 1. The smallest absolute Gasteiger partial charge is 0.111 e. The van der Waals surface area contributed by atoms with Gasteiger partial charge in [0.05, 0.1) is 0 Å². The second-order valence-corrected chi connectivity index (χ2v) is 11.0. The van der Waals surface area contributed by atoms with Gasteiger partial charge in [-0.25, -0.2) is 0 Å². The molecule has 2 aromatic rings. The van der Waals surface area contributed by atoms with E-state index in [-0.39, 0.29) is 0 Å². The summed E-state index contributed by atoms with van der Waals surface area (Å²) in [4.78, 5) is 1.22. The number of hydrogen-bond donors (Lipinski definition) is 1. The van der Waals surface area contributed by atoms with E-state index < -0.39 is 16.8 Å². The van der Waals surface area contributed by atoms with Crippen LogP contribution in [0.15, 0.2) is 30.3 Å². The van der Waals surface area contributed by atoms with Gasteiger partial charge in [-0.05, 0) is 63.1 Å². The highest BCUT2D eigenvalue weighted by atomic mass is 32.2. The van der Waals surface area contributed by atoms with E-state index in [0.717, 1.165) is 29.1 Å². The monoisotopic (exact) mass is 419 g/mol. The zero-order chi connectivity index (χ0) is 20.5. The molecule has 1 aliphatic rings. The fourth-order valence-electron chi connectivity index (χ4n) is 3.24. The molecule has 0 saturated heterocycles. The summed E-state index contributed by atoms with van der Waals surface area (Å²) in [6.07, 6.45) is 3.51. The van der Waals surface area contributed by atoms with E-state index >= 15 is 0 Å². The first-order valence-electron chi connectivity index (χ1n) is 10.00. The first-order valence-corrected chi connectivity index (χ1v) is 11.8. The molecule has 0 amide bonds. The summed E-state index contributed by atoms with van der Waals surface area (Å²) >= 11 is -0.736. The third-order valence-corrected chi connectivity index (χ3v) is 7.04. The molecule has 3 rings (SSSR count). The topological polar surface area (TPSA) is 55.4 Å². The lowest BCUT2D eigenvalue weighted by Crippen LogP contribution is -2.42. The highest BCUT2D eigenvalue weighted by Crippen LogP contribution is 2.43. The molecule has 0 aliphatic heterocycles. The average Bonchev–Trinajstić information content (AvgIpc) is 3.33. The van der Waals surface area contributed by atoms with E-state index in [2.05, 4.69) is 49.5 Å². The average molecular weight is 420 g/mol. The van der Waals surface area contributed by atoms with E-state index in [0.29, 0.717) is 12.0 Å². The van der Waals surface area contributed by atoms with Gasteiger partial charge in [0.1, 0.15) is 5.00 Å². The van der Waals surface area contributed by atoms with Crippen molar-refractivity contribution in [2.24, 2.45) is 5.92 Å². The quantitative estimate of drug-likeness (QED) is 0.594. The molecule has 0 bridgehead atoms. The van der Waals surface area contributed by atoms with Gasteiger partial charge in [-0.3, -0.25) is 8.51 Å². The number of thiophene rings is 1. The Morgan fingerprint density at radius 3 is 2.39 bits per heavy atom. The molecule has 1 unspecified atom stereocenters. The van der Waals surface area contributed by atoms with Gasteiger partial charge in [-0.1, -0.05) is 38.1 Å². The maximum Gasteiger partial charge on any atom is 0.111 e. The Morgan fingerprint density at radius 1 is 1.25 bits per heavy atom. The molecule has 1 saturated carbocycles. The van der Waals surface area contributed by atoms with Crippen molar-refractivity contribution >= 4 is 27.6 Å². The Hall–Kier alpha value is -1.21. The van der Waals surface area contributed by atoms with Crippen molar-refractivity contribution in [2.45, 2.75) is 72.0 Å². The van der Waals surface area contributed by atoms with Gasteiger partial charge in [0.15, 0.2) is 0 Å². The summed E-state index contributed by atoms with van der Waals surface area (Å²) in [5, 5.41) is 4.34. The van der Waals surface area contributed by atoms with Gasteiger partial charge < -0.3 is 9.87 Å². The molecular formula is C22H31N2O2S2-. The standard InChI is InChI=1S/C22H32N2O2S2/c1-15(2)12-19-13-20(21(27-19)24(28(25)26)22(3,4)5)17-8-6-16(7-9-17)14-23-18-10-11-18/h6-9,13,15,18,23H,10-12,14H2,1-5H3,(H,25,26)/p-1. The van der Waals surface area contributed by atoms with Crippen LogP contribution in [0.1, 0.15) is 57.9 Å². The Morgan fingerprint density at radius 2 is 1.89 bits per heavy atom. The molecule has 154 valence electrons. The van der Waals surface area contributed by atoms with E-state index in [9.17, 15) is 8.76 Å². The summed E-state index contributed by atoms with van der Waals surface area (Å²) in [6.45, 7) is 11.1. The van der Waals surface area contributed by atoms with Crippen molar-refractivity contribution in [2.75, 3.05) is 4.31 Å². The summed E-state index contributed by atoms with van der Waals surface area (Å²) in [5.74, 6) is 0.524. The van der Waals surface area contributed by atoms with Crippen LogP contribution in [0.3, 0.4) is 0 Å². The summed E-state index contributed by atoms with van der Waals surface area (Å²) in [7, 11) is 0. The Balaban J connectivity index is 1.95. The minimum Gasteiger partial charge on any atom is -0.755 e. The van der Waals surface area contributed by atoms with Crippen LogP contribution in [0.25, 0.3) is 11.1 Å². The molecule has 1 fully saturated rings. The molecular weight excluding hydrogens is 388 g/mol. The van der Waals surface area contributed by atoms with E-state index in [1.165, 1.54) is 27.6 Å². The van der Waals surface area contributed by atoms with Crippen molar-refractivity contribution in [3.63, 3.8) is 0 Å². The number of benzene rings is 1. The van der Waals surface area contributed by atoms with Crippen molar-refractivity contribution in [1.29, 1.82) is 0 Å². The number of anilines is 1. The molecule has 1 atom stereocenters. The van der Waals surface area contributed by atoms with Crippen LogP contribution in [-0.4, -0.2) is 20.3 Å². The van der Waals surface area contributed by atoms with Crippen LogP contribution in [0.2, 0.25) is 0 Å². The Kier molecular flexibility index (Phi) is 6.65. The molecule has 1 heterocycles. The number of nitrogens with zero attached hydrogens (tertiary/aromatic N) is 1. The van der Waals surface area contributed by atoms with E-state index in [1.807, 2.05) is 20.8 Å². The third kappa shape index (κ3) is 5.44. The predicted octanol–water partition coefficient (Wildman–Crippen LogP) is 5.26. The summed E-state index contributed by atoms with van der Waals surface area (Å²) < 4.78 is 25.7. The fourth-order valence-corrected chi connectivity index (χ4v) is 5.70. The van der Waals surface area contributed by atoms with Crippen LogP contribution >= 0.6 is 11.3 Å². The normalized spacial score (nSPS) is 15.8. The number of hydrogen-bond acceptors (Lipinski definition) is 4. The molecule has 1 aromatic heterocycles. The van der Waals surface area contributed by atoms with Gasteiger partial charge >= 0.3 is 0 Å². The maximum absolute atomic E-state index is 12.1. The van der Waals surface area contributed by atoms with Gasteiger partial charge in [-0.2, -0.15) is 0 Å². The van der Waals surface area contributed by atoms with Crippen molar-refractivity contribution in [3.05, 3.63) is 40.8 Å². The molecule has 1 N–H and O–H groups in total. The zero-order valence-corrected chi connectivity index (χ0v) is 19.1. The van der Waals surface area contributed by atoms with E-state index in [4.69, 9.17) is 0 Å². The van der Waals surface area contributed by atoms with Crippen molar-refractivity contribution in [3.8, 4) is 11.1 Å². The van der Waals surface area contributed by atoms with Gasteiger partial charge in [0.25, 0.3) is 0 Å². The second-order valence-electron chi connectivity index (χ2n) is 9.06. The van der Waals surface area contributed by atoms with Crippen LogP contribution < -0.4 is 9.62 Å². The van der Waals surface area contributed by atoms with Crippen molar-refractivity contribution < 1.29 is 8.76 Å². The molecule has 0 spiro atoms. The van der Waals surface area contributed by atoms with Gasteiger partial charge in [0.2, 0.25) is 0 Å². The maximum atomic E-state index is 12.1. The van der Waals surface area contributed by atoms with Gasteiger partial charge in [-0.15, -0.1) is 11.3 Å². The minimum absolute atomic E-state index is 0.518.